The van der Waals surface area contributed by atoms with Gasteiger partial charge in [-0.25, -0.2) is 0 Å². The van der Waals surface area contributed by atoms with Crippen molar-refractivity contribution in [3.05, 3.63) is 163 Å². The number of rotatable bonds is 2. The Morgan fingerprint density at radius 2 is 1.00 bits per heavy atom. The van der Waals surface area contributed by atoms with Crippen molar-refractivity contribution in [2.24, 2.45) is 0 Å². The molecule has 0 spiro atoms. The molecule has 0 fully saturated rings. The van der Waals surface area contributed by atoms with E-state index in [4.69, 9.17) is 4.74 Å². The molecule has 2 aliphatic rings. The van der Waals surface area contributed by atoms with Crippen LogP contribution in [-0.4, -0.2) is 0 Å². The van der Waals surface area contributed by atoms with Crippen molar-refractivity contribution in [3.63, 3.8) is 0 Å². The van der Waals surface area contributed by atoms with E-state index < -0.39 is 0 Å². The molecule has 0 saturated heterocycles. The zero-order valence-corrected chi connectivity index (χ0v) is 26.3. The number of ether oxygens (including phenoxy) is 1. The van der Waals surface area contributed by atoms with Crippen molar-refractivity contribution in [2.75, 3.05) is 4.90 Å². The average molecular weight is 602 g/mol. The number of fused-ring (bicyclic) bond motifs is 11. The van der Waals surface area contributed by atoms with Crippen molar-refractivity contribution in [2.45, 2.75) is 19.3 Å². The summed E-state index contributed by atoms with van der Waals surface area (Å²) in [6.45, 7) is 4.67. The Balaban J connectivity index is 1.14. The number of nitrogens with zero attached hydrogens (tertiary/aromatic N) is 1. The van der Waals surface area contributed by atoms with Gasteiger partial charge in [0.2, 0.25) is 0 Å². The van der Waals surface area contributed by atoms with E-state index >= 15 is 0 Å². The second kappa shape index (κ2) is 9.57. The van der Waals surface area contributed by atoms with Crippen LogP contribution in [0.25, 0.3) is 54.6 Å². The molecule has 8 aromatic rings. The summed E-state index contributed by atoms with van der Waals surface area (Å²) < 4.78 is 6.65. The molecule has 0 radical (unpaired) electrons. The average Bonchev–Trinajstić information content (AvgIpc) is 3.36. The highest BCUT2D eigenvalue weighted by Crippen LogP contribution is 2.53. The third-order valence-corrected chi connectivity index (χ3v) is 10.4. The van der Waals surface area contributed by atoms with Crippen molar-refractivity contribution >= 4 is 49.4 Å². The Hall–Kier alpha value is -5.86. The second-order valence-electron chi connectivity index (χ2n) is 13.3. The molecule has 1 aliphatic carbocycles. The Kier molecular flexibility index (Phi) is 5.37. The predicted octanol–water partition coefficient (Wildman–Crippen LogP) is 12.7. The first-order chi connectivity index (χ1) is 23.1. The summed E-state index contributed by atoms with van der Waals surface area (Å²) in [7, 11) is 0. The van der Waals surface area contributed by atoms with Crippen molar-refractivity contribution in [1.29, 1.82) is 0 Å². The number of para-hydroxylation sites is 2. The summed E-state index contributed by atoms with van der Waals surface area (Å²) in [5.74, 6) is 1.71. The number of hydrogen-bond donors (Lipinski definition) is 0. The van der Waals surface area contributed by atoms with Crippen LogP contribution in [0.1, 0.15) is 25.0 Å². The monoisotopic (exact) mass is 601 g/mol. The maximum atomic E-state index is 6.65. The molecular weight excluding hydrogens is 571 g/mol. The fraction of sp³-hybridized carbons (Fsp3) is 0.0667. The molecular formula is C45H31NO. The van der Waals surface area contributed by atoms with Crippen LogP contribution in [-0.2, 0) is 5.41 Å². The third kappa shape index (κ3) is 3.73. The molecule has 0 aromatic heterocycles. The first kappa shape index (κ1) is 26.4. The molecule has 0 atom stereocenters. The van der Waals surface area contributed by atoms with E-state index in [1.54, 1.807) is 0 Å². The molecule has 0 bridgehead atoms. The lowest BCUT2D eigenvalue weighted by molar-refractivity contribution is 0.477. The smallest absolute Gasteiger partial charge is 0.152 e. The highest BCUT2D eigenvalue weighted by atomic mass is 16.5. The SMILES string of the molecule is CC1(C)c2ccccc2-c2ccc(-c3ccc4c(c3)Oc3ccccc3N4c3ccc4c5ccccc5c5ccccc5c4c3)cc21. The lowest BCUT2D eigenvalue weighted by Gasteiger charge is -2.33. The Bertz CT molecular complexity index is 2560. The zero-order valence-electron chi connectivity index (χ0n) is 26.3. The van der Waals surface area contributed by atoms with Crippen LogP contribution in [0.3, 0.4) is 0 Å². The van der Waals surface area contributed by atoms with Gasteiger partial charge in [-0.05, 0) is 108 Å². The first-order valence-corrected chi connectivity index (χ1v) is 16.4. The number of benzene rings is 8. The van der Waals surface area contributed by atoms with Crippen molar-refractivity contribution in [3.8, 4) is 33.8 Å². The molecule has 2 heteroatoms. The lowest BCUT2D eigenvalue weighted by Crippen LogP contribution is -2.16. The Morgan fingerprint density at radius 3 is 1.79 bits per heavy atom. The van der Waals surface area contributed by atoms with Crippen LogP contribution >= 0.6 is 0 Å². The van der Waals surface area contributed by atoms with E-state index in [1.807, 2.05) is 6.07 Å². The topological polar surface area (TPSA) is 12.5 Å². The predicted molar refractivity (Wildman–Crippen MR) is 197 cm³/mol. The van der Waals surface area contributed by atoms with Gasteiger partial charge in [-0.1, -0.05) is 123 Å². The summed E-state index contributed by atoms with van der Waals surface area (Å²) in [6, 6.07) is 55.2. The largest absolute Gasteiger partial charge is 0.453 e. The summed E-state index contributed by atoms with van der Waals surface area (Å²) in [6.07, 6.45) is 0. The maximum absolute atomic E-state index is 6.65. The summed E-state index contributed by atoms with van der Waals surface area (Å²) in [5, 5.41) is 7.63. The van der Waals surface area contributed by atoms with Gasteiger partial charge in [0.1, 0.15) is 0 Å². The van der Waals surface area contributed by atoms with Gasteiger partial charge in [0.05, 0.1) is 11.4 Å². The van der Waals surface area contributed by atoms with Gasteiger partial charge in [0.25, 0.3) is 0 Å². The number of hydrogen-bond acceptors (Lipinski definition) is 2. The standard InChI is InChI=1S/C45H31NO/c1-45(2)39-16-8-7-15-36(39)37-22-19-28(25-40(37)45)29-20-24-42-44(26-29)47-43-18-10-9-17-41(43)46(42)30-21-23-35-33-13-4-3-11-31(33)32-12-5-6-14-34(32)38(35)27-30/h3-27H,1-2H3. The van der Waals surface area contributed by atoms with Crippen LogP contribution in [0.4, 0.5) is 17.1 Å². The minimum absolute atomic E-state index is 0.0477. The van der Waals surface area contributed by atoms with Crippen LogP contribution < -0.4 is 9.64 Å². The van der Waals surface area contributed by atoms with Gasteiger partial charge in [-0.3, -0.25) is 0 Å². The van der Waals surface area contributed by atoms with E-state index in [0.717, 1.165) is 34.1 Å². The van der Waals surface area contributed by atoms with Gasteiger partial charge >= 0.3 is 0 Å². The van der Waals surface area contributed by atoms with Gasteiger partial charge in [-0.2, -0.15) is 0 Å². The van der Waals surface area contributed by atoms with E-state index in [2.05, 4.69) is 164 Å². The fourth-order valence-corrected chi connectivity index (χ4v) is 8.13. The zero-order chi connectivity index (χ0) is 31.3. The molecule has 10 rings (SSSR count). The molecule has 2 nitrogen and oxygen atoms in total. The van der Waals surface area contributed by atoms with Gasteiger partial charge in [0.15, 0.2) is 11.5 Å². The third-order valence-electron chi connectivity index (χ3n) is 10.4. The summed E-state index contributed by atoms with van der Waals surface area (Å²) >= 11 is 0. The van der Waals surface area contributed by atoms with Crippen LogP contribution in [0.2, 0.25) is 0 Å². The molecule has 0 amide bonds. The molecule has 0 N–H and O–H groups in total. The molecule has 1 aliphatic heterocycles. The van der Waals surface area contributed by atoms with Gasteiger partial charge in [0, 0.05) is 11.1 Å². The molecule has 0 saturated carbocycles. The van der Waals surface area contributed by atoms with E-state index in [1.165, 1.54) is 60.1 Å². The Labute approximate surface area is 274 Å². The van der Waals surface area contributed by atoms with Gasteiger partial charge in [-0.15, -0.1) is 0 Å². The second-order valence-corrected chi connectivity index (χ2v) is 13.3. The minimum Gasteiger partial charge on any atom is -0.453 e. The van der Waals surface area contributed by atoms with Crippen LogP contribution in [0.15, 0.2) is 152 Å². The van der Waals surface area contributed by atoms with E-state index in [9.17, 15) is 0 Å². The summed E-state index contributed by atoms with van der Waals surface area (Å²) in [5.41, 5.74) is 10.9. The van der Waals surface area contributed by atoms with Crippen molar-refractivity contribution in [1.82, 2.24) is 0 Å². The molecule has 0 unspecified atom stereocenters. The quantitative estimate of drug-likeness (QED) is 0.183. The van der Waals surface area contributed by atoms with E-state index in [0.29, 0.717) is 0 Å². The van der Waals surface area contributed by atoms with Crippen molar-refractivity contribution < 1.29 is 4.74 Å². The first-order valence-electron chi connectivity index (χ1n) is 16.4. The molecule has 222 valence electrons. The summed E-state index contributed by atoms with van der Waals surface area (Å²) in [4.78, 5) is 2.35. The maximum Gasteiger partial charge on any atom is 0.152 e. The van der Waals surface area contributed by atoms with Crippen LogP contribution in [0.5, 0.6) is 11.5 Å². The molecule has 8 aromatic carbocycles. The molecule has 1 heterocycles. The van der Waals surface area contributed by atoms with Crippen LogP contribution in [0, 0.1) is 0 Å². The highest BCUT2D eigenvalue weighted by molar-refractivity contribution is 6.25. The number of anilines is 3. The Morgan fingerprint density at radius 1 is 0.426 bits per heavy atom. The van der Waals surface area contributed by atoms with Gasteiger partial charge < -0.3 is 9.64 Å². The van der Waals surface area contributed by atoms with E-state index in [-0.39, 0.29) is 5.41 Å². The lowest BCUT2D eigenvalue weighted by atomic mass is 9.81. The highest BCUT2D eigenvalue weighted by Gasteiger charge is 2.35. The molecule has 47 heavy (non-hydrogen) atoms. The minimum atomic E-state index is -0.0477. The fourth-order valence-electron chi connectivity index (χ4n) is 8.13. The normalized spacial score (nSPS) is 14.0.